The maximum absolute atomic E-state index is 5.58. The molecule has 16 heavy (non-hydrogen) atoms. The molecule has 0 aliphatic heterocycles. The Morgan fingerprint density at radius 2 is 1.94 bits per heavy atom. The molecule has 0 bridgehead atoms. The lowest BCUT2D eigenvalue weighted by molar-refractivity contribution is 0.406. The molecule has 1 aromatic rings. The molecule has 0 saturated carbocycles. The summed E-state index contributed by atoms with van der Waals surface area (Å²) in [5.41, 5.74) is 10.1. The summed E-state index contributed by atoms with van der Waals surface area (Å²) in [4.78, 5) is 0. The van der Waals surface area contributed by atoms with Crippen molar-refractivity contribution in [2.75, 3.05) is 13.7 Å². The molecule has 1 aliphatic rings. The van der Waals surface area contributed by atoms with Crippen molar-refractivity contribution >= 4 is 0 Å². The van der Waals surface area contributed by atoms with Gasteiger partial charge in [0.25, 0.3) is 0 Å². The van der Waals surface area contributed by atoms with Crippen molar-refractivity contribution in [2.45, 2.75) is 38.5 Å². The second kappa shape index (κ2) is 5.35. The number of rotatable bonds is 4. The Bertz CT molecular complexity index is 360. The summed E-state index contributed by atoms with van der Waals surface area (Å²) in [5, 5.41) is 0. The zero-order valence-electron chi connectivity index (χ0n) is 10.1. The van der Waals surface area contributed by atoms with Gasteiger partial charge in [-0.15, -0.1) is 0 Å². The average molecular weight is 219 g/mol. The molecule has 1 aliphatic carbocycles. The Labute approximate surface area is 97.8 Å². The van der Waals surface area contributed by atoms with Crippen LogP contribution in [0.4, 0.5) is 0 Å². The Hall–Kier alpha value is -1.02. The predicted octanol–water partition coefficient (Wildman–Crippen LogP) is 2.47. The number of methoxy groups -OCH3 is 1. The highest BCUT2D eigenvalue weighted by molar-refractivity contribution is 5.46. The first-order chi connectivity index (χ1) is 7.86. The van der Waals surface area contributed by atoms with Gasteiger partial charge in [-0.05, 0) is 67.8 Å². The molecule has 1 aromatic carbocycles. The van der Waals surface area contributed by atoms with Gasteiger partial charge in [0.2, 0.25) is 0 Å². The van der Waals surface area contributed by atoms with Gasteiger partial charge >= 0.3 is 0 Å². The lowest BCUT2D eigenvalue weighted by atomic mass is 9.86. The standard InChI is InChI=1S/C14H21NO/c1-16-14-9-8-11(5-4-10-15)12-6-2-3-7-13(12)14/h8-9H,2-7,10,15H2,1H3. The van der Waals surface area contributed by atoms with Gasteiger partial charge in [0.15, 0.2) is 0 Å². The molecule has 0 aromatic heterocycles. The smallest absolute Gasteiger partial charge is 0.122 e. The maximum atomic E-state index is 5.58. The fourth-order valence-corrected chi connectivity index (χ4v) is 2.63. The van der Waals surface area contributed by atoms with E-state index < -0.39 is 0 Å². The van der Waals surface area contributed by atoms with Crippen LogP contribution >= 0.6 is 0 Å². The highest BCUT2D eigenvalue weighted by atomic mass is 16.5. The average Bonchev–Trinajstić information content (AvgIpc) is 2.36. The third-order valence-corrected chi connectivity index (χ3v) is 3.46. The first-order valence-corrected chi connectivity index (χ1v) is 6.24. The van der Waals surface area contributed by atoms with Gasteiger partial charge in [0.1, 0.15) is 5.75 Å². The zero-order chi connectivity index (χ0) is 11.4. The van der Waals surface area contributed by atoms with E-state index in [2.05, 4.69) is 12.1 Å². The normalized spacial score (nSPS) is 14.6. The van der Waals surface area contributed by atoms with Crippen LogP contribution in [0.3, 0.4) is 0 Å². The lowest BCUT2D eigenvalue weighted by Crippen LogP contribution is -2.10. The molecule has 0 radical (unpaired) electrons. The molecule has 0 amide bonds. The summed E-state index contributed by atoms with van der Waals surface area (Å²) < 4.78 is 5.45. The van der Waals surface area contributed by atoms with Gasteiger partial charge in [-0.1, -0.05) is 6.07 Å². The van der Waals surface area contributed by atoms with Crippen LogP contribution in [0.5, 0.6) is 5.75 Å². The Kier molecular flexibility index (Phi) is 3.83. The van der Waals surface area contributed by atoms with Crippen LogP contribution in [0.1, 0.15) is 36.0 Å². The number of ether oxygens (including phenoxy) is 1. The molecule has 0 atom stereocenters. The number of fused-ring (bicyclic) bond motifs is 1. The summed E-state index contributed by atoms with van der Waals surface area (Å²) in [6.07, 6.45) is 7.20. The Balaban J connectivity index is 2.32. The van der Waals surface area contributed by atoms with Gasteiger partial charge in [-0.3, -0.25) is 0 Å². The van der Waals surface area contributed by atoms with Gasteiger partial charge in [0.05, 0.1) is 7.11 Å². The molecule has 0 spiro atoms. The second-order valence-electron chi connectivity index (χ2n) is 4.48. The van der Waals surface area contributed by atoms with E-state index in [1.165, 1.54) is 36.8 Å². The number of hydrogen-bond acceptors (Lipinski definition) is 2. The molecule has 0 fully saturated rings. The van der Waals surface area contributed by atoms with Gasteiger partial charge < -0.3 is 10.5 Å². The Morgan fingerprint density at radius 1 is 1.19 bits per heavy atom. The summed E-state index contributed by atoms with van der Waals surface area (Å²) in [6.45, 7) is 0.779. The molecule has 0 heterocycles. The van der Waals surface area contributed by atoms with E-state index in [1.54, 1.807) is 12.7 Å². The monoisotopic (exact) mass is 219 g/mol. The topological polar surface area (TPSA) is 35.2 Å². The van der Waals surface area contributed by atoms with Gasteiger partial charge in [-0.25, -0.2) is 0 Å². The number of hydrogen-bond donors (Lipinski definition) is 1. The molecule has 2 N–H and O–H groups in total. The summed E-state index contributed by atoms with van der Waals surface area (Å²) in [6, 6.07) is 4.34. The van der Waals surface area contributed by atoms with Crippen LogP contribution < -0.4 is 10.5 Å². The van der Waals surface area contributed by atoms with E-state index in [0.717, 1.165) is 25.1 Å². The fourth-order valence-electron chi connectivity index (χ4n) is 2.63. The van der Waals surface area contributed by atoms with E-state index in [-0.39, 0.29) is 0 Å². The van der Waals surface area contributed by atoms with Crippen molar-refractivity contribution in [3.63, 3.8) is 0 Å². The highest BCUT2D eigenvalue weighted by Crippen LogP contribution is 2.32. The molecule has 88 valence electrons. The molecule has 2 rings (SSSR count). The van der Waals surface area contributed by atoms with Crippen LogP contribution in [-0.4, -0.2) is 13.7 Å². The molecular weight excluding hydrogens is 198 g/mol. The summed E-state index contributed by atoms with van der Waals surface area (Å²) in [7, 11) is 1.77. The SMILES string of the molecule is COc1ccc(CCCN)c2c1CCCC2. The Morgan fingerprint density at radius 3 is 2.62 bits per heavy atom. The minimum Gasteiger partial charge on any atom is -0.496 e. The third kappa shape index (κ3) is 2.22. The second-order valence-corrected chi connectivity index (χ2v) is 4.48. The quantitative estimate of drug-likeness (QED) is 0.844. The minimum absolute atomic E-state index is 0.779. The van der Waals surface area contributed by atoms with Crippen LogP contribution in [0.25, 0.3) is 0 Å². The van der Waals surface area contributed by atoms with E-state index in [0.29, 0.717) is 0 Å². The molecule has 0 unspecified atom stereocenters. The molecular formula is C14H21NO. The summed E-state index contributed by atoms with van der Waals surface area (Å²) in [5.74, 6) is 1.08. The fraction of sp³-hybridized carbons (Fsp3) is 0.571. The lowest BCUT2D eigenvalue weighted by Gasteiger charge is -2.22. The third-order valence-electron chi connectivity index (χ3n) is 3.46. The van der Waals surface area contributed by atoms with Gasteiger partial charge in [0, 0.05) is 0 Å². The summed E-state index contributed by atoms with van der Waals surface area (Å²) >= 11 is 0. The van der Waals surface area contributed by atoms with Crippen LogP contribution in [0.2, 0.25) is 0 Å². The van der Waals surface area contributed by atoms with Crippen LogP contribution in [0, 0.1) is 0 Å². The molecule has 2 heteroatoms. The van der Waals surface area contributed by atoms with Crippen molar-refractivity contribution in [3.05, 3.63) is 28.8 Å². The van der Waals surface area contributed by atoms with Gasteiger partial charge in [-0.2, -0.15) is 0 Å². The first-order valence-electron chi connectivity index (χ1n) is 6.24. The molecule has 0 saturated heterocycles. The van der Waals surface area contributed by atoms with E-state index in [1.807, 2.05) is 0 Å². The van der Waals surface area contributed by atoms with E-state index >= 15 is 0 Å². The largest absolute Gasteiger partial charge is 0.496 e. The zero-order valence-corrected chi connectivity index (χ0v) is 10.1. The van der Waals surface area contributed by atoms with E-state index in [4.69, 9.17) is 10.5 Å². The number of aryl methyl sites for hydroxylation is 1. The van der Waals surface area contributed by atoms with Crippen molar-refractivity contribution in [3.8, 4) is 5.75 Å². The predicted molar refractivity (Wildman–Crippen MR) is 67.0 cm³/mol. The maximum Gasteiger partial charge on any atom is 0.122 e. The van der Waals surface area contributed by atoms with Crippen molar-refractivity contribution in [1.82, 2.24) is 0 Å². The van der Waals surface area contributed by atoms with Crippen LogP contribution in [0.15, 0.2) is 12.1 Å². The number of benzene rings is 1. The minimum atomic E-state index is 0.779. The number of nitrogens with two attached hydrogens (primary N) is 1. The van der Waals surface area contributed by atoms with Crippen molar-refractivity contribution < 1.29 is 4.74 Å². The molecule has 2 nitrogen and oxygen atoms in total. The first kappa shape index (κ1) is 11.5. The highest BCUT2D eigenvalue weighted by Gasteiger charge is 2.16. The van der Waals surface area contributed by atoms with Crippen LogP contribution in [-0.2, 0) is 19.3 Å². The van der Waals surface area contributed by atoms with Crippen molar-refractivity contribution in [1.29, 1.82) is 0 Å². The van der Waals surface area contributed by atoms with E-state index in [9.17, 15) is 0 Å². The van der Waals surface area contributed by atoms with Crippen molar-refractivity contribution in [2.24, 2.45) is 5.73 Å².